The van der Waals surface area contributed by atoms with E-state index in [1.165, 1.54) is 15.9 Å². The van der Waals surface area contributed by atoms with E-state index in [1.54, 1.807) is 7.11 Å². The molecule has 0 fully saturated rings. The number of hydrogen-bond donors (Lipinski definition) is 0. The van der Waals surface area contributed by atoms with Gasteiger partial charge in [0.05, 0.1) is 19.0 Å². The summed E-state index contributed by atoms with van der Waals surface area (Å²) in [6.07, 6.45) is 1.28. The lowest BCUT2D eigenvalue weighted by atomic mass is 10.1. The van der Waals surface area contributed by atoms with Gasteiger partial charge in [0, 0.05) is 16.9 Å². The molecular formula is C18H19FN2O2S. The summed E-state index contributed by atoms with van der Waals surface area (Å²) in [6.45, 7) is 1.46. The van der Waals surface area contributed by atoms with E-state index in [4.69, 9.17) is 4.74 Å². The lowest BCUT2D eigenvalue weighted by molar-refractivity contribution is 0.408. The number of thiophene rings is 1. The third kappa shape index (κ3) is 3.06. The maximum Gasteiger partial charge on any atom is 0.262 e. The Labute approximate surface area is 143 Å². The van der Waals surface area contributed by atoms with Crippen LogP contribution in [0.3, 0.4) is 0 Å². The van der Waals surface area contributed by atoms with Gasteiger partial charge in [0.1, 0.15) is 23.1 Å². The molecule has 6 heteroatoms. The number of benzene rings is 1. The smallest absolute Gasteiger partial charge is 0.262 e. The van der Waals surface area contributed by atoms with Crippen LogP contribution in [-0.2, 0) is 19.4 Å². The number of nitrogens with zero attached hydrogens (tertiary/aromatic N) is 2. The summed E-state index contributed by atoms with van der Waals surface area (Å²) in [5, 5.41) is 0.578. The second-order valence-electron chi connectivity index (χ2n) is 5.45. The first-order valence-corrected chi connectivity index (χ1v) is 8.69. The molecule has 24 heavy (non-hydrogen) atoms. The summed E-state index contributed by atoms with van der Waals surface area (Å²) in [5.41, 5.74) is 0.754. The summed E-state index contributed by atoms with van der Waals surface area (Å²) in [6, 6.07) is 9.47. The molecule has 0 aliphatic rings. The van der Waals surface area contributed by atoms with Gasteiger partial charge in [0.25, 0.3) is 5.56 Å². The van der Waals surface area contributed by atoms with Gasteiger partial charge in [-0.25, -0.2) is 9.37 Å². The average molecular weight is 346 g/mol. The Bertz CT molecular complexity index is 917. The van der Waals surface area contributed by atoms with E-state index < -0.39 is 6.67 Å². The SMILES string of the molecule is CCc1cc2c(=O)n(CCF)c(Cc3ccccc3OC)nc2s1. The highest BCUT2D eigenvalue weighted by Crippen LogP contribution is 2.24. The number of para-hydroxylation sites is 1. The fraction of sp³-hybridized carbons (Fsp3) is 0.333. The van der Waals surface area contributed by atoms with E-state index in [0.29, 0.717) is 17.6 Å². The predicted molar refractivity (Wildman–Crippen MR) is 95.0 cm³/mol. The summed E-state index contributed by atoms with van der Waals surface area (Å²) in [5.74, 6) is 1.30. The Morgan fingerprint density at radius 3 is 2.83 bits per heavy atom. The summed E-state index contributed by atoms with van der Waals surface area (Å²) >= 11 is 1.52. The first kappa shape index (κ1) is 16.6. The van der Waals surface area contributed by atoms with Gasteiger partial charge in [-0.05, 0) is 18.6 Å². The first-order chi connectivity index (χ1) is 11.7. The van der Waals surface area contributed by atoms with Crippen LogP contribution >= 0.6 is 11.3 Å². The van der Waals surface area contributed by atoms with Crippen LogP contribution in [0.15, 0.2) is 35.1 Å². The summed E-state index contributed by atoms with van der Waals surface area (Å²) < 4.78 is 19.8. The van der Waals surface area contributed by atoms with Gasteiger partial charge in [0.2, 0.25) is 0 Å². The molecule has 0 saturated heterocycles. The molecule has 2 aromatic heterocycles. The normalized spacial score (nSPS) is 11.1. The van der Waals surface area contributed by atoms with Gasteiger partial charge in [-0.1, -0.05) is 25.1 Å². The minimum atomic E-state index is -0.600. The highest BCUT2D eigenvalue weighted by molar-refractivity contribution is 7.18. The van der Waals surface area contributed by atoms with Crippen molar-refractivity contribution in [1.82, 2.24) is 9.55 Å². The average Bonchev–Trinajstić information content (AvgIpc) is 3.02. The minimum Gasteiger partial charge on any atom is -0.496 e. The number of fused-ring (bicyclic) bond motifs is 1. The topological polar surface area (TPSA) is 44.1 Å². The van der Waals surface area contributed by atoms with Crippen LogP contribution in [0.25, 0.3) is 10.2 Å². The number of hydrogen-bond acceptors (Lipinski definition) is 4. The molecule has 2 heterocycles. The van der Waals surface area contributed by atoms with E-state index in [9.17, 15) is 9.18 Å². The Balaban J connectivity index is 2.14. The molecule has 0 radical (unpaired) electrons. The summed E-state index contributed by atoms with van der Waals surface area (Å²) in [4.78, 5) is 19.2. The molecule has 126 valence electrons. The maximum atomic E-state index is 13.0. The molecule has 0 spiro atoms. The molecular weight excluding hydrogens is 327 g/mol. The zero-order valence-electron chi connectivity index (χ0n) is 13.7. The van der Waals surface area contributed by atoms with E-state index in [0.717, 1.165) is 27.4 Å². The molecule has 0 unspecified atom stereocenters. The van der Waals surface area contributed by atoms with Crippen LogP contribution in [-0.4, -0.2) is 23.3 Å². The van der Waals surface area contributed by atoms with Gasteiger partial charge >= 0.3 is 0 Å². The van der Waals surface area contributed by atoms with Gasteiger partial charge in [-0.15, -0.1) is 11.3 Å². The van der Waals surface area contributed by atoms with Crippen molar-refractivity contribution in [3.63, 3.8) is 0 Å². The molecule has 3 aromatic rings. The largest absolute Gasteiger partial charge is 0.496 e. The molecule has 0 aliphatic carbocycles. The molecule has 0 bridgehead atoms. The maximum absolute atomic E-state index is 13.0. The fourth-order valence-electron chi connectivity index (χ4n) is 2.75. The Morgan fingerprint density at radius 1 is 1.33 bits per heavy atom. The predicted octanol–water partition coefficient (Wildman–Crippen LogP) is 3.59. The third-order valence-corrected chi connectivity index (χ3v) is 5.15. The second kappa shape index (κ2) is 7.13. The van der Waals surface area contributed by atoms with Crippen molar-refractivity contribution < 1.29 is 9.13 Å². The number of alkyl halides is 1. The zero-order valence-corrected chi connectivity index (χ0v) is 14.5. The Morgan fingerprint density at radius 2 is 2.12 bits per heavy atom. The molecule has 0 aliphatic heterocycles. The van der Waals surface area contributed by atoms with E-state index in [-0.39, 0.29) is 12.1 Å². The fourth-order valence-corrected chi connectivity index (χ4v) is 3.73. The first-order valence-electron chi connectivity index (χ1n) is 7.88. The number of halogens is 1. The van der Waals surface area contributed by atoms with Crippen molar-refractivity contribution in [2.75, 3.05) is 13.8 Å². The second-order valence-corrected chi connectivity index (χ2v) is 6.56. The zero-order chi connectivity index (χ0) is 17.1. The Hall–Kier alpha value is -2.21. The molecule has 3 rings (SSSR count). The van der Waals surface area contributed by atoms with Crippen LogP contribution in [0.4, 0.5) is 4.39 Å². The molecule has 0 amide bonds. The quantitative estimate of drug-likeness (QED) is 0.685. The van der Waals surface area contributed by atoms with E-state index in [2.05, 4.69) is 4.98 Å². The number of aromatic nitrogens is 2. The number of aryl methyl sites for hydroxylation is 1. The Kier molecular flexibility index (Phi) is 4.94. The van der Waals surface area contributed by atoms with Crippen LogP contribution in [0.5, 0.6) is 5.75 Å². The molecule has 1 aromatic carbocycles. The molecule has 0 atom stereocenters. The molecule has 0 N–H and O–H groups in total. The lowest BCUT2D eigenvalue weighted by Gasteiger charge is -2.12. The lowest BCUT2D eigenvalue weighted by Crippen LogP contribution is -2.26. The molecule has 4 nitrogen and oxygen atoms in total. The standard InChI is InChI=1S/C18H19FN2O2S/c1-3-13-11-14-17(24-13)20-16(21(9-8-19)18(14)22)10-12-6-4-5-7-15(12)23-2/h4-7,11H,3,8-10H2,1-2H3. The van der Waals surface area contributed by atoms with Gasteiger partial charge in [-0.2, -0.15) is 0 Å². The van der Waals surface area contributed by atoms with E-state index >= 15 is 0 Å². The van der Waals surface area contributed by atoms with Crippen molar-refractivity contribution in [1.29, 1.82) is 0 Å². The van der Waals surface area contributed by atoms with Crippen molar-refractivity contribution in [2.45, 2.75) is 26.3 Å². The van der Waals surface area contributed by atoms with Crippen molar-refractivity contribution in [2.24, 2.45) is 0 Å². The highest BCUT2D eigenvalue weighted by atomic mass is 32.1. The van der Waals surface area contributed by atoms with Crippen molar-refractivity contribution in [3.05, 3.63) is 57.0 Å². The van der Waals surface area contributed by atoms with Crippen LogP contribution < -0.4 is 10.3 Å². The van der Waals surface area contributed by atoms with Crippen molar-refractivity contribution in [3.8, 4) is 5.75 Å². The number of methoxy groups -OCH3 is 1. The van der Waals surface area contributed by atoms with Crippen LogP contribution in [0.2, 0.25) is 0 Å². The summed E-state index contributed by atoms with van der Waals surface area (Å²) in [7, 11) is 1.61. The monoisotopic (exact) mass is 346 g/mol. The van der Waals surface area contributed by atoms with Gasteiger partial charge < -0.3 is 4.74 Å². The van der Waals surface area contributed by atoms with E-state index in [1.807, 2.05) is 37.3 Å². The minimum absolute atomic E-state index is 0.0174. The third-order valence-electron chi connectivity index (χ3n) is 3.98. The molecule has 0 saturated carbocycles. The highest BCUT2D eigenvalue weighted by Gasteiger charge is 2.15. The van der Waals surface area contributed by atoms with Gasteiger partial charge in [0.15, 0.2) is 0 Å². The number of rotatable bonds is 6. The van der Waals surface area contributed by atoms with Crippen LogP contribution in [0, 0.1) is 0 Å². The van der Waals surface area contributed by atoms with Crippen molar-refractivity contribution >= 4 is 21.6 Å². The van der Waals surface area contributed by atoms with Crippen LogP contribution in [0.1, 0.15) is 23.2 Å². The van der Waals surface area contributed by atoms with Gasteiger partial charge in [-0.3, -0.25) is 9.36 Å². The number of ether oxygens (including phenoxy) is 1.